The summed E-state index contributed by atoms with van der Waals surface area (Å²) in [6.07, 6.45) is 0. The van der Waals surface area contributed by atoms with Crippen LogP contribution in [0.5, 0.6) is 0 Å². The first-order chi connectivity index (χ1) is 30.5. The van der Waals surface area contributed by atoms with Crippen LogP contribution in [0.3, 0.4) is 0 Å². The van der Waals surface area contributed by atoms with Crippen LogP contribution in [0.15, 0.2) is 231 Å². The molecule has 0 spiro atoms. The Hall–Kier alpha value is -7.46. The molecule has 11 aromatic rings. The summed E-state index contributed by atoms with van der Waals surface area (Å²) in [6.45, 7) is 4.84. The Kier molecular flexibility index (Phi) is 8.25. The van der Waals surface area contributed by atoms with Crippen molar-refractivity contribution in [3.8, 4) is 16.8 Å². The number of nitrogens with zero attached hydrogens (tertiary/aromatic N) is 2. The van der Waals surface area contributed by atoms with Gasteiger partial charge in [-0.05, 0) is 108 Å². The van der Waals surface area contributed by atoms with Gasteiger partial charge in [-0.25, -0.2) is 0 Å². The van der Waals surface area contributed by atoms with Gasteiger partial charge in [0.25, 0.3) is 0 Å². The lowest BCUT2D eigenvalue weighted by atomic mass is 9.82. The molecule has 62 heavy (non-hydrogen) atoms. The van der Waals surface area contributed by atoms with E-state index >= 15 is 0 Å². The zero-order chi connectivity index (χ0) is 41.4. The molecular weight excluding hydrogens is 765 g/mol. The molecule has 0 radical (unpaired) electrons. The maximum atomic E-state index is 2.57. The Morgan fingerprint density at radius 2 is 0.903 bits per heavy atom. The molecule has 1 heterocycles. The molecule has 2 nitrogen and oxygen atoms in total. The van der Waals surface area contributed by atoms with Crippen molar-refractivity contribution in [3.05, 3.63) is 242 Å². The number of hydrogen-bond donors (Lipinski definition) is 0. The molecule has 0 amide bonds. The largest absolute Gasteiger partial charge is 0.310 e. The van der Waals surface area contributed by atoms with Gasteiger partial charge in [0.15, 0.2) is 8.07 Å². The number of benzene rings is 10. The van der Waals surface area contributed by atoms with Gasteiger partial charge >= 0.3 is 0 Å². The zero-order valence-corrected chi connectivity index (χ0v) is 35.8. The fourth-order valence-corrected chi connectivity index (χ4v) is 15.6. The fourth-order valence-electron chi connectivity index (χ4n) is 10.8. The van der Waals surface area contributed by atoms with E-state index in [1.165, 1.54) is 75.6 Å². The summed E-state index contributed by atoms with van der Waals surface area (Å²) < 4.78 is 2.45. The molecule has 12 rings (SSSR count). The predicted octanol–water partition coefficient (Wildman–Crippen LogP) is 12.5. The van der Waals surface area contributed by atoms with Crippen LogP contribution < -0.4 is 25.6 Å². The number of anilines is 3. The summed E-state index contributed by atoms with van der Waals surface area (Å²) in [6, 6.07) is 86.1. The van der Waals surface area contributed by atoms with E-state index in [9.17, 15) is 0 Å². The van der Waals surface area contributed by atoms with Crippen LogP contribution in [0.25, 0.3) is 49.4 Å². The molecule has 3 heteroatoms. The van der Waals surface area contributed by atoms with Crippen molar-refractivity contribution in [2.24, 2.45) is 0 Å². The standard InChI is InChI=1S/C59H44N2Si/c1-59(2)53-38-45(33-35-51(53)52-36-34-50(40-54(52)59)62(47-24-12-5-13-25-47,48-26-14-6-15-27-48)49-28-16-7-17-29-49)60(43-20-8-3-9-21-43)46-37-42-32-31-41-19-18-30-55-57(41)58(42)56(39-46)61(55)44-22-10-4-11-23-44/h3-40H,1-2H3. The Morgan fingerprint density at radius 1 is 0.371 bits per heavy atom. The fraction of sp³-hybridized carbons (Fsp3) is 0.0508. The van der Waals surface area contributed by atoms with Crippen LogP contribution in [-0.2, 0) is 5.41 Å². The van der Waals surface area contributed by atoms with Gasteiger partial charge in [-0.2, -0.15) is 0 Å². The first kappa shape index (κ1) is 36.4. The third-order valence-corrected chi connectivity index (χ3v) is 18.4. The van der Waals surface area contributed by atoms with Gasteiger partial charge in [-0.1, -0.05) is 190 Å². The molecule has 10 aromatic carbocycles. The summed E-state index contributed by atoms with van der Waals surface area (Å²) in [4.78, 5) is 2.45. The zero-order valence-electron chi connectivity index (χ0n) is 34.8. The predicted molar refractivity (Wildman–Crippen MR) is 265 cm³/mol. The van der Waals surface area contributed by atoms with E-state index in [1.807, 2.05) is 0 Å². The van der Waals surface area contributed by atoms with Crippen molar-refractivity contribution in [2.75, 3.05) is 4.90 Å². The summed E-state index contributed by atoms with van der Waals surface area (Å²) in [5.41, 5.74) is 12.1. The van der Waals surface area contributed by atoms with Gasteiger partial charge < -0.3 is 9.47 Å². The maximum Gasteiger partial charge on any atom is 0.179 e. The first-order valence-electron chi connectivity index (χ1n) is 21.7. The molecule has 0 aliphatic heterocycles. The van der Waals surface area contributed by atoms with Gasteiger partial charge in [0.1, 0.15) is 0 Å². The van der Waals surface area contributed by atoms with E-state index in [2.05, 4.69) is 254 Å². The average molecular weight is 809 g/mol. The number of hydrogen-bond acceptors (Lipinski definition) is 1. The highest BCUT2D eigenvalue weighted by atomic mass is 28.3. The number of fused-ring (bicyclic) bond motifs is 3. The first-order valence-corrected chi connectivity index (χ1v) is 23.7. The van der Waals surface area contributed by atoms with Crippen LogP contribution >= 0.6 is 0 Å². The van der Waals surface area contributed by atoms with E-state index in [4.69, 9.17) is 0 Å². The molecule has 0 atom stereocenters. The number of aromatic nitrogens is 1. The minimum Gasteiger partial charge on any atom is -0.310 e. The molecule has 1 aliphatic rings. The summed E-state index contributed by atoms with van der Waals surface area (Å²) in [5.74, 6) is 0. The van der Waals surface area contributed by atoms with Gasteiger partial charge in [-0.3, -0.25) is 0 Å². The van der Waals surface area contributed by atoms with Crippen molar-refractivity contribution in [1.82, 2.24) is 4.57 Å². The maximum absolute atomic E-state index is 2.71. The highest BCUT2D eigenvalue weighted by molar-refractivity contribution is 7.19. The lowest BCUT2D eigenvalue weighted by Crippen LogP contribution is -2.74. The van der Waals surface area contributed by atoms with Crippen LogP contribution in [0.2, 0.25) is 0 Å². The van der Waals surface area contributed by atoms with E-state index in [0.29, 0.717) is 0 Å². The van der Waals surface area contributed by atoms with Gasteiger partial charge in [0.2, 0.25) is 0 Å². The lowest BCUT2D eigenvalue weighted by molar-refractivity contribution is 0.661. The van der Waals surface area contributed by atoms with Crippen LogP contribution in [0.1, 0.15) is 25.0 Å². The minimum absolute atomic E-state index is 0.252. The molecule has 0 fully saturated rings. The van der Waals surface area contributed by atoms with Crippen molar-refractivity contribution in [3.63, 3.8) is 0 Å². The van der Waals surface area contributed by atoms with Gasteiger partial charge in [0, 0.05) is 38.9 Å². The molecule has 1 aliphatic carbocycles. The normalized spacial score (nSPS) is 13.1. The van der Waals surface area contributed by atoms with E-state index < -0.39 is 8.07 Å². The van der Waals surface area contributed by atoms with E-state index in [-0.39, 0.29) is 5.41 Å². The molecule has 0 N–H and O–H groups in total. The third-order valence-electron chi connectivity index (χ3n) is 13.6. The monoisotopic (exact) mass is 808 g/mol. The number of para-hydroxylation sites is 2. The lowest BCUT2D eigenvalue weighted by Gasteiger charge is -2.35. The van der Waals surface area contributed by atoms with Crippen LogP contribution in [-0.4, -0.2) is 12.6 Å². The van der Waals surface area contributed by atoms with Gasteiger partial charge in [0.05, 0.1) is 11.0 Å². The summed E-state index contributed by atoms with van der Waals surface area (Å²) >= 11 is 0. The smallest absolute Gasteiger partial charge is 0.179 e. The molecule has 1 aromatic heterocycles. The van der Waals surface area contributed by atoms with Crippen molar-refractivity contribution in [1.29, 1.82) is 0 Å². The second-order valence-corrected chi connectivity index (χ2v) is 21.1. The molecule has 294 valence electrons. The van der Waals surface area contributed by atoms with Crippen molar-refractivity contribution >= 4 is 78.5 Å². The minimum atomic E-state index is -2.71. The second-order valence-electron chi connectivity index (χ2n) is 17.3. The third kappa shape index (κ3) is 5.35. The van der Waals surface area contributed by atoms with E-state index in [1.54, 1.807) is 0 Å². The highest BCUT2D eigenvalue weighted by Gasteiger charge is 2.44. The Bertz CT molecular complexity index is 3320. The van der Waals surface area contributed by atoms with Crippen LogP contribution in [0, 0.1) is 0 Å². The number of rotatable bonds is 8. The van der Waals surface area contributed by atoms with Crippen molar-refractivity contribution < 1.29 is 0 Å². The summed E-state index contributed by atoms with van der Waals surface area (Å²) in [5, 5.41) is 10.7. The second kappa shape index (κ2) is 14.1. The highest BCUT2D eigenvalue weighted by Crippen LogP contribution is 2.51. The molecule has 0 unspecified atom stereocenters. The Labute approximate surface area is 364 Å². The molecular formula is C59H44N2Si. The summed E-state index contributed by atoms with van der Waals surface area (Å²) in [7, 11) is -2.71. The van der Waals surface area contributed by atoms with Crippen molar-refractivity contribution in [2.45, 2.75) is 19.3 Å². The van der Waals surface area contributed by atoms with Crippen LogP contribution in [0.4, 0.5) is 17.1 Å². The SMILES string of the molecule is CC1(C)c2cc(N(c3ccccc3)c3cc4ccc5cccc6c5c4c(c3)n6-c3ccccc3)ccc2-c2ccc([Si](c3ccccc3)(c3ccccc3)c3ccccc3)cc21. The Morgan fingerprint density at radius 3 is 1.53 bits per heavy atom. The quantitative estimate of drug-likeness (QED) is 0.0843. The topological polar surface area (TPSA) is 8.17 Å². The van der Waals surface area contributed by atoms with Gasteiger partial charge in [-0.15, -0.1) is 0 Å². The Balaban J connectivity index is 1.04. The van der Waals surface area contributed by atoms with E-state index in [0.717, 1.165) is 22.7 Å². The molecule has 0 saturated carbocycles. The molecule has 0 bridgehead atoms. The average Bonchev–Trinajstić information content (AvgIpc) is 3.79. The molecule has 0 saturated heterocycles.